The van der Waals surface area contributed by atoms with Gasteiger partial charge in [0.1, 0.15) is 5.82 Å². The van der Waals surface area contributed by atoms with Gasteiger partial charge in [-0.1, -0.05) is 12.1 Å². The Balaban J connectivity index is 2.27. The molecule has 0 amide bonds. The van der Waals surface area contributed by atoms with E-state index in [4.69, 9.17) is 4.74 Å². The Morgan fingerprint density at radius 1 is 1.18 bits per heavy atom. The second-order valence-electron chi connectivity index (χ2n) is 5.98. The number of rotatable bonds is 5. The van der Waals surface area contributed by atoms with Gasteiger partial charge in [-0.2, -0.15) is 5.10 Å². The van der Waals surface area contributed by atoms with Crippen LogP contribution < -0.4 is 4.72 Å². The first-order valence-corrected chi connectivity index (χ1v) is 8.37. The molecule has 7 heteroatoms. The second kappa shape index (κ2) is 6.10. The van der Waals surface area contributed by atoms with Crippen LogP contribution in [0.25, 0.3) is 0 Å². The lowest BCUT2D eigenvalue weighted by molar-refractivity contribution is 0.185. The molecule has 0 aliphatic rings. The van der Waals surface area contributed by atoms with Crippen molar-refractivity contribution in [3.63, 3.8) is 0 Å². The highest BCUT2D eigenvalue weighted by Gasteiger charge is 2.21. The Morgan fingerprint density at radius 2 is 1.82 bits per heavy atom. The quantitative estimate of drug-likeness (QED) is 0.918. The Labute approximate surface area is 131 Å². The number of aromatic nitrogens is 2. The van der Waals surface area contributed by atoms with Crippen LogP contribution in [-0.2, 0) is 26.9 Å². The molecule has 1 heterocycles. The fourth-order valence-electron chi connectivity index (χ4n) is 2.04. The van der Waals surface area contributed by atoms with E-state index in [-0.39, 0.29) is 10.4 Å². The van der Waals surface area contributed by atoms with E-state index in [0.717, 1.165) is 5.56 Å². The second-order valence-corrected chi connectivity index (χ2v) is 7.66. The number of ether oxygens (including phenoxy) is 1. The number of hydrogen-bond acceptors (Lipinski definition) is 4. The fraction of sp³-hybridized carbons (Fsp3) is 0.400. The van der Waals surface area contributed by atoms with Gasteiger partial charge in [-0.25, -0.2) is 13.1 Å². The molecule has 0 bridgehead atoms. The first kappa shape index (κ1) is 16.5. The maximum absolute atomic E-state index is 12.5. The summed E-state index contributed by atoms with van der Waals surface area (Å²) in [5.41, 5.74) is 0.602. The van der Waals surface area contributed by atoms with Gasteiger partial charge in [0, 0.05) is 13.2 Å². The average molecular weight is 323 g/mol. The molecular formula is C15H21N3O3S. The standard InChI is InChI=1S/C15H21N3O3S/c1-15(2,3)18-14(9-10-16-18)17-22(19,20)13-7-5-12(6-8-13)11-21-4/h5-10,17H,11H2,1-4H3. The van der Waals surface area contributed by atoms with Crippen LogP contribution in [-0.4, -0.2) is 25.3 Å². The van der Waals surface area contributed by atoms with E-state index in [0.29, 0.717) is 12.4 Å². The van der Waals surface area contributed by atoms with Crippen LogP contribution in [0.4, 0.5) is 5.82 Å². The Hall–Kier alpha value is -1.86. The maximum Gasteiger partial charge on any atom is 0.263 e. The minimum Gasteiger partial charge on any atom is -0.380 e. The molecule has 120 valence electrons. The Kier molecular flexibility index (Phi) is 4.58. The predicted molar refractivity (Wildman–Crippen MR) is 85.2 cm³/mol. The summed E-state index contributed by atoms with van der Waals surface area (Å²) >= 11 is 0. The number of anilines is 1. The molecule has 2 aromatic rings. The van der Waals surface area contributed by atoms with Crippen molar-refractivity contribution in [2.75, 3.05) is 11.8 Å². The summed E-state index contributed by atoms with van der Waals surface area (Å²) in [7, 11) is -2.05. The van der Waals surface area contributed by atoms with Gasteiger partial charge >= 0.3 is 0 Å². The van der Waals surface area contributed by atoms with Crippen LogP contribution in [0.1, 0.15) is 26.3 Å². The van der Waals surface area contributed by atoms with E-state index in [1.165, 1.54) is 0 Å². The van der Waals surface area contributed by atoms with Gasteiger partial charge in [-0.05, 0) is 38.5 Å². The van der Waals surface area contributed by atoms with Gasteiger partial charge < -0.3 is 4.74 Å². The Bertz CT molecular complexity index is 728. The zero-order valence-electron chi connectivity index (χ0n) is 13.2. The van der Waals surface area contributed by atoms with E-state index >= 15 is 0 Å². The van der Waals surface area contributed by atoms with Gasteiger partial charge in [-0.3, -0.25) is 4.72 Å². The summed E-state index contributed by atoms with van der Waals surface area (Å²) in [6, 6.07) is 8.24. The molecule has 1 aromatic carbocycles. The van der Waals surface area contributed by atoms with E-state index in [1.54, 1.807) is 48.3 Å². The van der Waals surface area contributed by atoms with Crippen molar-refractivity contribution in [3.05, 3.63) is 42.1 Å². The molecular weight excluding hydrogens is 302 g/mol. The number of nitrogens with one attached hydrogen (secondary N) is 1. The zero-order valence-corrected chi connectivity index (χ0v) is 14.0. The summed E-state index contributed by atoms with van der Waals surface area (Å²) in [4.78, 5) is 0.203. The summed E-state index contributed by atoms with van der Waals surface area (Å²) in [6.45, 7) is 6.32. The fourth-order valence-corrected chi connectivity index (χ4v) is 3.09. The van der Waals surface area contributed by atoms with Crippen molar-refractivity contribution in [2.24, 2.45) is 0 Å². The van der Waals surface area contributed by atoms with E-state index in [9.17, 15) is 8.42 Å². The largest absolute Gasteiger partial charge is 0.380 e. The molecule has 22 heavy (non-hydrogen) atoms. The summed E-state index contributed by atoms with van der Waals surface area (Å²) < 4.78 is 34.2. The molecule has 0 saturated carbocycles. The number of hydrogen-bond donors (Lipinski definition) is 1. The molecule has 0 fully saturated rings. The van der Waals surface area contributed by atoms with Gasteiger partial charge in [0.2, 0.25) is 0 Å². The van der Waals surface area contributed by atoms with Gasteiger partial charge in [0.05, 0.1) is 23.2 Å². The van der Waals surface area contributed by atoms with Gasteiger partial charge in [0.25, 0.3) is 10.0 Å². The topological polar surface area (TPSA) is 73.2 Å². The van der Waals surface area contributed by atoms with Crippen molar-refractivity contribution in [1.82, 2.24) is 9.78 Å². The van der Waals surface area contributed by atoms with E-state index in [1.807, 2.05) is 20.8 Å². The normalized spacial score (nSPS) is 12.4. The van der Waals surface area contributed by atoms with Crippen molar-refractivity contribution in [3.8, 4) is 0 Å². The summed E-state index contributed by atoms with van der Waals surface area (Å²) in [5.74, 6) is 0.438. The highest BCUT2D eigenvalue weighted by Crippen LogP contribution is 2.22. The lowest BCUT2D eigenvalue weighted by Gasteiger charge is -2.22. The van der Waals surface area contributed by atoms with E-state index < -0.39 is 10.0 Å². The average Bonchev–Trinajstić information content (AvgIpc) is 2.87. The lowest BCUT2D eigenvalue weighted by Crippen LogP contribution is -2.26. The third-order valence-electron chi connectivity index (χ3n) is 3.06. The molecule has 0 unspecified atom stereocenters. The minimum atomic E-state index is -3.65. The van der Waals surface area contributed by atoms with Gasteiger partial charge in [-0.15, -0.1) is 0 Å². The highest BCUT2D eigenvalue weighted by atomic mass is 32.2. The lowest BCUT2D eigenvalue weighted by atomic mass is 10.1. The van der Waals surface area contributed by atoms with Crippen LogP contribution in [0.3, 0.4) is 0 Å². The van der Waals surface area contributed by atoms with Crippen LogP contribution in [0, 0.1) is 0 Å². The van der Waals surface area contributed by atoms with Crippen molar-refractivity contribution < 1.29 is 13.2 Å². The third kappa shape index (κ3) is 3.66. The Morgan fingerprint density at radius 3 is 2.36 bits per heavy atom. The molecule has 0 aliphatic heterocycles. The van der Waals surface area contributed by atoms with Crippen LogP contribution >= 0.6 is 0 Å². The predicted octanol–water partition coefficient (Wildman–Crippen LogP) is 2.59. The molecule has 0 aliphatic carbocycles. The van der Waals surface area contributed by atoms with Crippen molar-refractivity contribution in [2.45, 2.75) is 37.8 Å². The molecule has 0 atom stereocenters. The molecule has 6 nitrogen and oxygen atoms in total. The molecule has 0 saturated heterocycles. The number of benzene rings is 1. The molecule has 0 radical (unpaired) electrons. The summed E-state index contributed by atoms with van der Waals surface area (Å²) in [6.07, 6.45) is 1.57. The molecule has 0 spiro atoms. The summed E-state index contributed by atoms with van der Waals surface area (Å²) in [5, 5.41) is 4.18. The third-order valence-corrected chi connectivity index (χ3v) is 4.43. The van der Waals surface area contributed by atoms with Crippen LogP contribution in [0.5, 0.6) is 0 Å². The number of sulfonamides is 1. The highest BCUT2D eigenvalue weighted by molar-refractivity contribution is 7.92. The first-order chi connectivity index (χ1) is 10.2. The SMILES string of the molecule is COCc1ccc(S(=O)(=O)Nc2ccnn2C(C)(C)C)cc1. The number of methoxy groups -OCH3 is 1. The molecule has 1 aromatic heterocycles. The molecule has 2 rings (SSSR count). The van der Waals surface area contributed by atoms with E-state index in [2.05, 4.69) is 9.82 Å². The van der Waals surface area contributed by atoms with Crippen molar-refractivity contribution >= 4 is 15.8 Å². The first-order valence-electron chi connectivity index (χ1n) is 6.89. The monoisotopic (exact) mass is 323 g/mol. The van der Waals surface area contributed by atoms with Crippen LogP contribution in [0.15, 0.2) is 41.4 Å². The maximum atomic E-state index is 12.5. The van der Waals surface area contributed by atoms with Gasteiger partial charge in [0.15, 0.2) is 0 Å². The molecule has 1 N–H and O–H groups in total. The minimum absolute atomic E-state index is 0.203. The van der Waals surface area contributed by atoms with Crippen molar-refractivity contribution in [1.29, 1.82) is 0 Å². The van der Waals surface area contributed by atoms with Crippen LogP contribution in [0.2, 0.25) is 0 Å². The smallest absolute Gasteiger partial charge is 0.263 e. The number of nitrogens with zero attached hydrogens (tertiary/aromatic N) is 2. The zero-order chi connectivity index (χ0) is 16.4.